The monoisotopic (exact) mass is 383 g/mol. The average Bonchev–Trinajstić information content (AvgIpc) is 3.20. The summed E-state index contributed by atoms with van der Waals surface area (Å²) >= 11 is 1.22. The Bertz CT molecular complexity index is 1040. The molecule has 0 unspecified atom stereocenters. The van der Waals surface area contributed by atoms with Crippen molar-refractivity contribution in [2.24, 2.45) is 0 Å². The smallest absolute Gasteiger partial charge is 0.490 e. The number of hydrogen-bond acceptors (Lipinski definition) is 3. The van der Waals surface area contributed by atoms with E-state index in [0.717, 1.165) is 10.1 Å². The van der Waals surface area contributed by atoms with Crippen molar-refractivity contribution < 1.29 is 26.3 Å². The highest BCUT2D eigenvalue weighted by Gasteiger charge is 2.51. The van der Waals surface area contributed by atoms with Crippen molar-refractivity contribution in [3.05, 3.63) is 64.3 Å². The molecule has 130 valence electrons. The van der Waals surface area contributed by atoms with Crippen LogP contribution in [0.15, 0.2) is 54.1 Å². The first-order valence-corrected chi connectivity index (χ1v) is 9.52. The first-order chi connectivity index (χ1) is 11.8. The van der Waals surface area contributed by atoms with Crippen LogP contribution in [-0.4, -0.2) is 20.5 Å². The van der Waals surface area contributed by atoms with Gasteiger partial charge in [0, 0.05) is 5.25 Å². The van der Waals surface area contributed by atoms with E-state index in [1.165, 1.54) is 11.3 Å². The van der Waals surface area contributed by atoms with Gasteiger partial charge in [-0.25, -0.2) is 8.42 Å². The summed E-state index contributed by atoms with van der Waals surface area (Å²) in [5, 5.41) is 0.0141. The molecule has 0 amide bonds. The number of rotatable bonds is 1. The molecule has 0 bridgehead atoms. The Morgan fingerprint density at radius 2 is 1.88 bits per heavy atom. The molecule has 1 aliphatic carbocycles. The van der Waals surface area contributed by atoms with Crippen molar-refractivity contribution in [2.45, 2.75) is 5.51 Å². The van der Waals surface area contributed by atoms with Crippen molar-refractivity contribution in [1.29, 1.82) is 0 Å². The molecule has 1 aromatic heterocycles. The molecule has 8 heteroatoms. The number of alkyl halides is 3. The highest BCUT2D eigenvalue weighted by Crippen LogP contribution is 2.52. The molecule has 0 saturated heterocycles. The molecular weight excluding hydrogens is 373 g/mol. The molecule has 4 rings (SSSR count). The van der Waals surface area contributed by atoms with Crippen LogP contribution < -0.4 is 4.74 Å². The van der Waals surface area contributed by atoms with E-state index in [1.807, 2.05) is 12.1 Å². The summed E-state index contributed by atoms with van der Waals surface area (Å²) in [6.45, 7) is -0.643. The molecule has 0 saturated carbocycles. The third-order valence-electron chi connectivity index (χ3n) is 3.98. The van der Waals surface area contributed by atoms with Crippen LogP contribution in [0.1, 0.15) is 4.88 Å². The molecule has 1 aliphatic heterocycles. The van der Waals surface area contributed by atoms with E-state index < -0.39 is 27.2 Å². The largest absolute Gasteiger partial charge is 0.536 e. The van der Waals surface area contributed by atoms with Gasteiger partial charge in [-0.2, -0.15) is 13.2 Å². The van der Waals surface area contributed by atoms with E-state index in [-0.39, 0.29) is 5.57 Å². The zero-order valence-electron chi connectivity index (χ0n) is 12.5. The second-order valence-corrected chi connectivity index (χ2v) is 8.48. The number of ether oxygens (including phenoxy) is 1. The van der Waals surface area contributed by atoms with E-state index in [9.17, 15) is 21.6 Å². The van der Waals surface area contributed by atoms with Crippen LogP contribution >= 0.6 is 11.3 Å². The minimum atomic E-state index is -5.49. The molecule has 0 atom stereocenters. The molecule has 0 radical (unpaired) electrons. The Morgan fingerprint density at radius 3 is 2.56 bits per heavy atom. The first kappa shape index (κ1) is 16.3. The number of hydrogen-bond donors (Lipinski definition) is 0. The van der Waals surface area contributed by atoms with Crippen LogP contribution in [0.2, 0.25) is 0 Å². The summed E-state index contributed by atoms with van der Waals surface area (Å²) in [5.74, 6) is 0.429. The van der Waals surface area contributed by atoms with Crippen LogP contribution in [0.25, 0.3) is 15.7 Å². The van der Waals surface area contributed by atoms with Gasteiger partial charge in [-0.3, -0.25) is 0 Å². The summed E-state index contributed by atoms with van der Waals surface area (Å²) in [5.41, 5.74) is -4.87. The molecular formula is C17H10F3O3S2-. The maximum Gasteiger partial charge on any atom is 0.490 e. The van der Waals surface area contributed by atoms with Crippen LogP contribution in [0.3, 0.4) is 0 Å². The lowest BCUT2D eigenvalue weighted by atomic mass is 10.0. The van der Waals surface area contributed by atoms with Gasteiger partial charge < -0.3 is 4.74 Å². The molecule has 0 N–H and O–H groups in total. The van der Waals surface area contributed by atoms with Gasteiger partial charge in [0.05, 0.1) is 12.4 Å². The van der Waals surface area contributed by atoms with Gasteiger partial charge in [-0.15, -0.1) is 35.9 Å². The van der Waals surface area contributed by atoms with E-state index in [2.05, 4.69) is 0 Å². The van der Waals surface area contributed by atoms with E-state index in [1.54, 1.807) is 36.4 Å². The summed E-state index contributed by atoms with van der Waals surface area (Å²) < 4.78 is 69.9. The second-order valence-electron chi connectivity index (χ2n) is 5.47. The lowest BCUT2D eigenvalue weighted by Crippen LogP contribution is -2.35. The molecule has 0 fully saturated rings. The van der Waals surface area contributed by atoms with Crippen LogP contribution in [0.5, 0.6) is 5.75 Å². The SMILES string of the molecule is O=S(=O)([C-]1COc2c([s+][c-]3ccccc23)C1=C1C=CC=C1)C(F)(F)F. The molecule has 2 heterocycles. The summed E-state index contributed by atoms with van der Waals surface area (Å²) in [6.07, 6.45) is 6.51. The van der Waals surface area contributed by atoms with E-state index in [4.69, 9.17) is 4.74 Å². The third kappa shape index (κ3) is 2.39. The number of thiophene rings is 1. The Hall–Kier alpha value is -2.19. The van der Waals surface area contributed by atoms with E-state index in [0.29, 0.717) is 16.2 Å². The van der Waals surface area contributed by atoms with E-state index >= 15 is 0 Å². The Labute approximate surface area is 145 Å². The van der Waals surface area contributed by atoms with Gasteiger partial charge in [0.1, 0.15) is 11.3 Å². The minimum Gasteiger partial charge on any atom is -0.536 e. The quantitative estimate of drug-likeness (QED) is 0.532. The van der Waals surface area contributed by atoms with Crippen molar-refractivity contribution in [1.82, 2.24) is 0 Å². The number of fused-ring (bicyclic) bond motifs is 3. The maximum atomic E-state index is 13.1. The zero-order chi connectivity index (χ0) is 17.8. The van der Waals surface area contributed by atoms with Gasteiger partial charge in [-0.1, -0.05) is 23.8 Å². The second kappa shape index (κ2) is 5.40. The van der Waals surface area contributed by atoms with Crippen LogP contribution in [-0.2, 0) is 9.84 Å². The third-order valence-corrected chi connectivity index (χ3v) is 6.73. The fourth-order valence-electron chi connectivity index (χ4n) is 2.85. The predicted molar refractivity (Wildman–Crippen MR) is 90.7 cm³/mol. The molecule has 25 heavy (non-hydrogen) atoms. The summed E-state index contributed by atoms with van der Waals surface area (Å²) in [6, 6.07) is 7.23. The normalized spacial score (nSPS) is 17.3. The molecule has 2 aliphatic rings. The average molecular weight is 383 g/mol. The standard InChI is InChI=1S/C17H10F3O3S2/c18-17(19,20)25(21,22)13-9-23-15-11-7-3-4-8-12(11)24-16(15)14(13)10-5-1-2-6-10/h1-8H,9H2/q-1. The molecule has 1 aromatic carbocycles. The predicted octanol–water partition coefficient (Wildman–Crippen LogP) is 4.64. The van der Waals surface area contributed by atoms with Crippen LogP contribution in [0.4, 0.5) is 13.2 Å². The number of sulfone groups is 1. The number of halogens is 3. The van der Waals surface area contributed by atoms with Crippen molar-refractivity contribution in [2.75, 3.05) is 6.61 Å². The highest BCUT2D eigenvalue weighted by molar-refractivity contribution is 7.95. The van der Waals surface area contributed by atoms with Gasteiger partial charge in [-0.05, 0) is 5.39 Å². The van der Waals surface area contributed by atoms with Gasteiger partial charge >= 0.3 is 5.51 Å². The van der Waals surface area contributed by atoms with Crippen molar-refractivity contribution in [3.63, 3.8) is 0 Å². The fourth-order valence-corrected chi connectivity index (χ4v) is 5.14. The van der Waals surface area contributed by atoms with Crippen molar-refractivity contribution >= 4 is 36.8 Å². The van der Waals surface area contributed by atoms with Crippen molar-refractivity contribution in [3.8, 4) is 5.75 Å². The highest BCUT2D eigenvalue weighted by atomic mass is 32.2. The molecule has 0 spiro atoms. The fraction of sp³-hybridized carbons (Fsp3) is 0.118. The summed E-state index contributed by atoms with van der Waals surface area (Å²) in [7, 11) is -5.49. The lowest BCUT2D eigenvalue weighted by molar-refractivity contribution is -0.0433. The van der Waals surface area contributed by atoms with Gasteiger partial charge in [0.2, 0.25) is 9.84 Å². The Balaban J connectivity index is 2.00. The Morgan fingerprint density at radius 1 is 1.16 bits per heavy atom. The lowest BCUT2D eigenvalue weighted by Gasteiger charge is -2.32. The zero-order valence-corrected chi connectivity index (χ0v) is 14.1. The number of allylic oxidation sites excluding steroid dienone is 5. The van der Waals surface area contributed by atoms with Gasteiger partial charge in [0.15, 0.2) is 9.58 Å². The first-order valence-electron chi connectivity index (χ1n) is 7.22. The van der Waals surface area contributed by atoms with Crippen LogP contribution in [0, 0.1) is 5.25 Å². The maximum absolute atomic E-state index is 13.1. The Kier molecular flexibility index (Phi) is 3.52. The number of benzene rings is 1. The van der Waals surface area contributed by atoms with Gasteiger partial charge in [0.25, 0.3) is 0 Å². The minimum absolute atomic E-state index is 0.0739. The molecule has 3 nitrogen and oxygen atoms in total. The summed E-state index contributed by atoms with van der Waals surface area (Å²) in [4.78, 5) is 0.404. The topological polar surface area (TPSA) is 43.4 Å². The molecule has 2 aromatic rings.